The largest absolute Gasteiger partial charge is 0.545 e. The third kappa shape index (κ3) is 5.51. The van der Waals surface area contributed by atoms with Gasteiger partial charge in [-0.05, 0) is 18.6 Å². The molecule has 0 fully saturated rings. The van der Waals surface area contributed by atoms with Crippen molar-refractivity contribution in [1.29, 1.82) is 0 Å². The molecule has 0 amide bonds. The van der Waals surface area contributed by atoms with E-state index in [1.807, 2.05) is 0 Å². The van der Waals surface area contributed by atoms with Crippen LogP contribution < -0.4 is 14.6 Å². The molecule has 0 bridgehead atoms. The van der Waals surface area contributed by atoms with E-state index in [0.29, 0.717) is 12.4 Å². The number of carboxylic acid groups (broad SMARTS) is 1. The van der Waals surface area contributed by atoms with Gasteiger partial charge in [0, 0.05) is 11.6 Å². The Morgan fingerprint density at radius 2 is 1.85 bits per heavy atom. The summed E-state index contributed by atoms with van der Waals surface area (Å²) in [6, 6.07) is 4.66. The molecule has 0 N–H and O–H groups in total. The summed E-state index contributed by atoms with van der Waals surface area (Å²) in [7, 11) is 1.43. The lowest BCUT2D eigenvalue weighted by molar-refractivity contribution is -0.255. The maximum absolute atomic E-state index is 10.8. The molecular formula is C16H23O4-. The van der Waals surface area contributed by atoms with E-state index in [1.54, 1.807) is 12.1 Å². The molecule has 112 valence electrons. The number of methoxy groups -OCH3 is 1. The summed E-state index contributed by atoms with van der Waals surface area (Å²) in [5.74, 6) is -0.352. The van der Waals surface area contributed by atoms with Gasteiger partial charge in [-0.1, -0.05) is 39.0 Å². The van der Waals surface area contributed by atoms with E-state index in [-0.39, 0.29) is 11.3 Å². The molecule has 1 aromatic rings. The number of ether oxygens (including phenoxy) is 2. The number of carboxylic acids is 1. The molecule has 0 spiro atoms. The Bertz CT molecular complexity index is 415. The van der Waals surface area contributed by atoms with Crippen LogP contribution in [0.3, 0.4) is 0 Å². The second-order valence-corrected chi connectivity index (χ2v) is 4.77. The van der Waals surface area contributed by atoms with Crippen LogP contribution in [0.5, 0.6) is 11.5 Å². The summed E-state index contributed by atoms with van der Waals surface area (Å²) in [4.78, 5) is 10.8. The second kappa shape index (κ2) is 9.23. The standard InChI is InChI=1S/C16H24O4/c1-3-4-5-6-7-8-11-20-13-9-10-14(16(17)18)15(12-13)19-2/h9-10,12H,3-8,11H2,1-2H3,(H,17,18)/p-1. The Morgan fingerprint density at radius 3 is 2.50 bits per heavy atom. The molecule has 0 saturated heterocycles. The minimum atomic E-state index is -1.25. The fourth-order valence-corrected chi connectivity index (χ4v) is 2.00. The van der Waals surface area contributed by atoms with Gasteiger partial charge >= 0.3 is 0 Å². The third-order valence-corrected chi connectivity index (χ3v) is 3.16. The van der Waals surface area contributed by atoms with Crippen LogP contribution in [0.1, 0.15) is 55.8 Å². The molecule has 0 aliphatic carbocycles. The summed E-state index contributed by atoms with van der Waals surface area (Å²) >= 11 is 0. The molecule has 0 heterocycles. The lowest BCUT2D eigenvalue weighted by atomic mass is 10.1. The van der Waals surface area contributed by atoms with Gasteiger partial charge in [-0.3, -0.25) is 0 Å². The first-order valence-electron chi connectivity index (χ1n) is 7.21. The zero-order chi connectivity index (χ0) is 14.8. The molecule has 0 radical (unpaired) electrons. The molecular weight excluding hydrogens is 256 g/mol. The number of carbonyl (C=O) groups excluding carboxylic acids is 1. The first-order valence-corrected chi connectivity index (χ1v) is 7.21. The lowest BCUT2D eigenvalue weighted by Crippen LogP contribution is -2.22. The predicted octanol–water partition coefficient (Wildman–Crippen LogP) is 2.80. The Morgan fingerprint density at radius 1 is 1.15 bits per heavy atom. The van der Waals surface area contributed by atoms with Gasteiger partial charge in [0.1, 0.15) is 11.5 Å². The van der Waals surface area contributed by atoms with Gasteiger partial charge in [-0.2, -0.15) is 0 Å². The zero-order valence-corrected chi connectivity index (χ0v) is 12.3. The zero-order valence-electron chi connectivity index (χ0n) is 12.3. The molecule has 0 atom stereocenters. The van der Waals surface area contributed by atoms with Crippen molar-refractivity contribution in [2.75, 3.05) is 13.7 Å². The Hall–Kier alpha value is -1.71. The summed E-state index contributed by atoms with van der Waals surface area (Å²) in [5, 5.41) is 10.8. The summed E-state index contributed by atoms with van der Waals surface area (Å²) in [5.41, 5.74) is 0.0411. The third-order valence-electron chi connectivity index (χ3n) is 3.16. The van der Waals surface area contributed by atoms with Crippen LogP contribution in [0.2, 0.25) is 0 Å². The van der Waals surface area contributed by atoms with E-state index in [1.165, 1.54) is 38.9 Å². The summed E-state index contributed by atoms with van der Waals surface area (Å²) < 4.78 is 10.6. The molecule has 0 aromatic heterocycles. The van der Waals surface area contributed by atoms with Gasteiger partial charge < -0.3 is 19.4 Å². The van der Waals surface area contributed by atoms with Crippen LogP contribution in [0, 0.1) is 0 Å². The number of hydrogen-bond acceptors (Lipinski definition) is 4. The number of benzene rings is 1. The Balaban J connectivity index is 2.35. The maximum Gasteiger partial charge on any atom is 0.131 e. The Labute approximate surface area is 120 Å². The van der Waals surface area contributed by atoms with E-state index in [2.05, 4.69) is 6.92 Å². The van der Waals surface area contributed by atoms with Crippen molar-refractivity contribution in [2.45, 2.75) is 45.4 Å². The van der Waals surface area contributed by atoms with Crippen molar-refractivity contribution in [3.05, 3.63) is 23.8 Å². The molecule has 0 aliphatic rings. The second-order valence-electron chi connectivity index (χ2n) is 4.77. The highest BCUT2D eigenvalue weighted by molar-refractivity contribution is 5.89. The molecule has 1 rings (SSSR count). The topological polar surface area (TPSA) is 58.6 Å². The van der Waals surface area contributed by atoms with Crippen LogP contribution in [0.25, 0.3) is 0 Å². The highest BCUT2D eigenvalue weighted by Gasteiger charge is 2.05. The quantitative estimate of drug-likeness (QED) is 0.618. The van der Waals surface area contributed by atoms with Gasteiger partial charge in [0.2, 0.25) is 0 Å². The first kappa shape index (κ1) is 16.3. The van der Waals surface area contributed by atoms with Crippen molar-refractivity contribution in [2.24, 2.45) is 0 Å². The lowest BCUT2D eigenvalue weighted by Gasteiger charge is -2.12. The van der Waals surface area contributed by atoms with E-state index >= 15 is 0 Å². The SMILES string of the molecule is CCCCCCCCOc1ccc(C(=O)[O-])c(OC)c1. The van der Waals surface area contributed by atoms with Gasteiger partial charge in [-0.25, -0.2) is 0 Å². The highest BCUT2D eigenvalue weighted by atomic mass is 16.5. The predicted molar refractivity (Wildman–Crippen MR) is 76.2 cm³/mol. The fraction of sp³-hybridized carbons (Fsp3) is 0.562. The molecule has 0 unspecified atom stereocenters. The molecule has 20 heavy (non-hydrogen) atoms. The average molecular weight is 279 g/mol. The Kier molecular flexibility index (Phi) is 7.55. The van der Waals surface area contributed by atoms with Crippen molar-refractivity contribution in [3.63, 3.8) is 0 Å². The summed E-state index contributed by atoms with van der Waals surface area (Å²) in [6.07, 6.45) is 7.24. The average Bonchev–Trinajstić information content (AvgIpc) is 2.45. The van der Waals surface area contributed by atoms with E-state index in [4.69, 9.17) is 9.47 Å². The van der Waals surface area contributed by atoms with Gasteiger partial charge in [0.25, 0.3) is 0 Å². The van der Waals surface area contributed by atoms with Crippen LogP contribution in [0.4, 0.5) is 0 Å². The number of rotatable bonds is 10. The number of carbonyl (C=O) groups is 1. The van der Waals surface area contributed by atoms with Crippen molar-refractivity contribution in [3.8, 4) is 11.5 Å². The number of hydrogen-bond donors (Lipinski definition) is 0. The van der Waals surface area contributed by atoms with Crippen molar-refractivity contribution in [1.82, 2.24) is 0 Å². The minimum Gasteiger partial charge on any atom is -0.545 e. The maximum atomic E-state index is 10.8. The normalized spacial score (nSPS) is 10.3. The molecule has 4 nitrogen and oxygen atoms in total. The van der Waals surface area contributed by atoms with Crippen molar-refractivity contribution < 1.29 is 19.4 Å². The molecule has 0 aliphatic heterocycles. The van der Waals surface area contributed by atoms with Crippen LogP contribution in [-0.2, 0) is 0 Å². The fourth-order valence-electron chi connectivity index (χ4n) is 2.00. The van der Waals surface area contributed by atoms with E-state index < -0.39 is 5.97 Å². The molecule has 1 aromatic carbocycles. The minimum absolute atomic E-state index is 0.0411. The van der Waals surface area contributed by atoms with Crippen LogP contribution >= 0.6 is 0 Å². The van der Waals surface area contributed by atoms with Gasteiger partial charge in [0.15, 0.2) is 0 Å². The number of aromatic carboxylic acids is 1. The van der Waals surface area contributed by atoms with Crippen LogP contribution in [-0.4, -0.2) is 19.7 Å². The monoisotopic (exact) mass is 279 g/mol. The molecule has 4 heteroatoms. The van der Waals surface area contributed by atoms with Gasteiger partial charge in [0.05, 0.1) is 19.7 Å². The number of unbranched alkanes of at least 4 members (excludes halogenated alkanes) is 5. The van der Waals surface area contributed by atoms with E-state index in [9.17, 15) is 9.90 Å². The summed E-state index contributed by atoms with van der Waals surface area (Å²) in [6.45, 7) is 2.84. The smallest absolute Gasteiger partial charge is 0.131 e. The van der Waals surface area contributed by atoms with Crippen molar-refractivity contribution >= 4 is 5.97 Å². The first-order chi connectivity index (χ1) is 9.69. The van der Waals surface area contributed by atoms with Crippen LogP contribution in [0.15, 0.2) is 18.2 Å². The van der Waals surface area contributed by atoms with Gasteiger partial charge in [-0.15, -0.1) is 0 Å². The molecule has 0 saturated carbocycles. The highest BCUT2D eigenvalue weighted by Crippen LogP contribution is 2.24. The van der Waals surface area contributed by atoms with E-state index in [0.717, 1.165) is 12.8 Å².